The van der Waals surface area contributed by atoms with Crippen molar-refractivity contribution >= 4 is 11.6 Å². The molecule has 76 valence electrons. The van der Waals surface area contributed by atoms with Gasteiger partial charge in [0.25, 0.3) is 0 Å². The Kier molecular flexibility index (Phi) is 10.2. The fourth-order valence-electron chi connectivity index (χ4n) is 0.651. The molecule has 0 aliphatic rings. The summed E-state index contributed by atoms with van der Waals surface area (Å²) in [5.41, 5.74) is 0. The highest BCUT2D eigenvalue weighted by Crippen LogP contribution is 1.87. The standard InChI is InChI=1S/C5H10O2.C5H8O/c1-4(6)3-5(2)7;1-3-4-5(2)6/h4,6H,3H2,1-2H3;3-4H,1-2H3/b;4-3+. The molecule has 0 aromatic carbocycles. The normalized spacial score (nSPS) is 11.8. The number of allylic oxidation sites excluding steroid dienone is 2. The van der Waals surface area contributed by atoms with Crippen LogP contribution in [-0.4, -0.2) is 22.8 Å². The lowest BCUT2D eigenvalue weighted by molar-refractivity contribution is -0.118. The van der Waals surface area contributed by atoms with Gasteiger partial charge in [-0.1, -0.05) is 6.08 Å². The van der Waals surface area contributed by atoms with Gasteiger partial charge in [0.05, 0.1) is 6.10 Å². The minimum absolute atomic E-state index is 0.0370. The van der Waals surface area contributed by atoms with E-state index in [9.17, 15) is 9.59 Å². The van der Waals surface area contributed by atoms with Crippen LogP contribution in [0.2, 0.25) is 0 Å². The van der Waals surface area contributed by atoms with Gasteiger partial charge in [-0.2, -0.15) is 0 Å². The zero-order valence-electron chi connectivity index (χ0n) is 8.70. The molecule has 1 N–H and O–H groups in total. The first kappa shape index (κ1) is 14.6. The van der Waals surface area contributed by atoms with Crippen LogP contribution in [0.3, 0.4) is 0 Å². The van der Waals surface area contributed by atoms with Crippen molar-refractivity contribution in [3.05, 3.63) is 12.2 Å². The Morgan fingerprint density at radius 3 is 1.85 bits per heavy atom. The van der Waals surface area contributed by atoms with Crippen LogP contribution < -0.4 is 0 Å². The maximum Gasteiger partial charge on any atom is 0.152 e. The summed E-state index contributed by atoms with van der Waals surface area (Å²) in [6.45, 7) is 6.41. The Labute approximate surface area is 79.5 Å². The Morgan fingerprint density at radius 2 is 1.85 bits per heavy atom. The quantitative estimate of drug-likeness (QED) is 0.679. The molecule has 0 aromatic rings. The first-order valence-corrected chi connectivity index (χ1v) is 4.20. The Morgan fingerprint density at radius 1 is 1.38 bits per heavy atom. The smallest absolute Gasteiger partial charge is 0.152 e. The molecule has 3 nitrogen and oxygen atoms in total. The summed E-state index contributed by atoms with van der Waals surface area (Å²) in [7, 11) is 0. The monoisotopic (exact) mass is 186 g/mol. The molecule has 0 saturated heterocycles. The number of aliphatic hydroxyl groups is 1. The molecule has 0 rings (SSSR count). The van der Waals surface area contributed by atoms with Gasteiger partial charge < -0.3 is 5.11 Å². The molecule has 0 radical (unpaired) electrons. The summed E-state index contributed by atoms with van der Waals surface area (Å²) in [5, 5.41) is 8.50. The number of Topliss-reactive ketones (excluding diaryl/α,β-unsaturated/α-hetero) is 1. The zero-order valence-corrected chi connectivity index (χ0v) is 8.70. The molecular weight excluding hydrogens is 168 g/mol. The predicted octanol–water partition coefficient (Wildman–Crippen LogP) is 1.50. The summed E-state index contributed by atoms with van der Waals surface area (Å²) in [5.74, 6) is 0.146. The topological polar surface area (TPSA) is 54.4 Å². The highest BCUT2D eigenvalue weighted by atomic mass is 16.3. The number of carbonyl (C=O) groups excluding carboxylic acids is 2. The molecule has 0 saturated carbocycles. The Bertz CT molecular complexity index is 181. The molecule has 0 aliphatic carbocycles. The first-order valence-electron chi connectivity index (χ1n) is 4.20. The number of carbonyl (C=O) groups is 2. The second-order valence-electron chi connectivity index (χ2n) is 2.87. The van der Waals surface area contributed by atoms with Gasteiger partial charge in [0, 0.05) is 6.42 Å². The van der Waals surface area contributed by atoms with Crippen molar-refractivity contribution in [3.63, 3.8) is 0 Å². The third-order valence-electron chi connectivity index (χ3n) is 0.984. The molecule has 0 fully saturated rings. The number of aliphatic hydroxyl groups excluding tert-OH is 1. The summed E-state index contributed by atoms with van der Waals surface area (Å²) < 4.78 is 0. The van der Waals surface area contributed by atoms with Gasteiger partial charge >= 0.3 is 0 Å². The van der Waals surface area contributed by atoms with E-state index in [2.05, 4.69) is 0 Å². The lowest BCUT2D eigenvalue weighted by Crippen LogP contribution is -2.04. The number of rotatable bonds is 3. The van der Waals surface area contributed by atoms with Crippen LogP contribution in [0, 0.1) is 0 Å². The minimum atomic E-state index is -0.475. The van der Waals surface area contributed by atoms with Gasteiger partial charge in [-0.25, -0.2) is 0 Å². The van der Waals surface area contributed by atoms with Gasteiger partial charge in [-0.15, -0.1) is 0 Å². The SMILES string of the molecule is C/C=C/C(C)=O.CC(=O)CC(C)O. The fourth-order valence-corrected chi connectivity index (χ4v) is 0.651. The van der Waals surface area contributed by atoms with Crippen molar-refractivity contribution in [3.8, 4) is 0 Å². The van der Waals surface area contributed by atoms with E-state index in [1.807, 2.05) is 6.92 Å². The van der Waals surface area contributed by atoms with Gasteiger partial charge in [0.15, 0.2) is 5.78 Å². The van der Waals surface area contributed by atoms with E-state index in [1.54, 1.807) is 13.0 Å². The van der Waals surface area contributed by atoms with Crippen molar-refractivity contribution in [2.24, 2.45) is 0 Å². The van der Waals surface area contributed by atoms with E-state index in [0.717, 1.165) is 0 Å². The van der Waals surface area contributed by atoms with Crippen molar-refractivity contribution in [1.29, 1.82) is 0 Å². The summed E-state index contributed by atoms with van der Waals surface area (Å²) in [6, 6.07) is 0. The van der Waals surface area contributed by atoms with Crippen LogP contribution in [0.5, 0.6) is 0 Å². The van der Waals surface area contributed by atoms with Crippen LogP contribution in [0.25, 0.3) is 0 Å². The van der Waals surface area contributed by atoms with Gasteiger partial charge in [0.1, 0.15) is 5.78 Å². The van der Waals surface area contributed by atoms with Crippen LogP contribution in [0.4, 0.5) is 0 Å². The second-order valence-corrected chi connectivity index (χ2v) is 2.87. The third kappa shape index (κ3) is 24.7. The molecule has 1 atom stereocenters. The Hall–Kier alpha value is -0.960. The zero-order chi connectivity index (χ0) is 10.9. The van der Waals surface area contributed by atoms with Crippen molar-refractivity contribution in [2.75, 3.05) is 0 Å². The van der Waals surface area contributed by atoms with Crippen LogP contribution in [0.1, 0.15) is 34.1 Å². The van der Waals surface area contributed by atoms with Crippen LogP contribution >= 0.6 is 0 Å². The van der Waals surface area contributed by atoms with E-state index in [4.69, 9.17) is 5.11 Å². The molecule has 1 unspecified atom stereocenters. The summed E-state index contributed by atoms with van der Waals surface area (Å²) in [4.78, 5) is 20.1. The lowest BCUT2D eigenvalue weighted by atomic mass is 10.2. The summed E-state index contributed by atoms with van der Waals surface area (Å²) >= 11 is 0. The van der Waals surface area contributed by atoms with E-state index < -0.39 is 6.10 Å². The molecule has 0 bridgehead atoms. The minimum Gasteiger partial charge on any atom is -0.393 e. The highest BCUT2D eigenvalue weighted by Gasteiger charge is 1.96. The summed E-state index contributed by atoms with van der Waals surface area (Å²) in [6.07, 6.45) is 3.06. The lowest BCUT2D eigenvalue weighted by Gasteiger charge is -1.95. The molecule has 0 amide bonds. The molecule has 0 aromatic heterocycles. The third-order valence-corrected chi connectivity index (χ3v) is 0.984. The largest absolute Gasteiger partial charge is 0.393 e. The number of ketones is 2. The Balaban J connectivity index is 0. The van der Waals surface area contributed by atoms with Gasteiger partial charge in [-0.05, 0) is 33.8 Å². The molecule has 0 spiro atoms. The highest BCUT2D eigenvalue weighted by molar-refractivity contribution is 5.87. The van der Waals surface area contributed by atoms with Crippen molar-refractivity contribution in [2.45, 2.75) is 40.2 Å². The molecule has 0 aliphatic heterocycles. The van der Waals surface area contributed by atoms with E-state index in [0.29, 0.717) is 0 Å². The average molecular weight is 186 g/mol. The van der Waals surface area contributed by atoms with E-state index in [1.165, 1.54) is 19.9 Å². The van der Waals surface area contributed by atoms with E-state index in [-0.39, 0.29) is 18.0 Å². The number of hydrogen-bond donors (Lipinski definition) is 1. The van der Waals surface area contributed by atoms with Crippen LogP contribution in [0.15, 0.2) is 12.2 Å². The van der Waals surface area contributed by atoms with E-state index >= 15 is 0 Å². The second kappa shape index (κ2) is 9.13. The van der Waals surface area contributed by atoms with Crippen LogP contribution in [-0.2, 0) is 9.59 Å². The maximum atomic E-state index is 10.1. The number of hydrogen-bond acceptors (Lipinski definition) is 3. The molecule has 3 heteroatoms. The molecule has 0 heterocycles. The molecular formula is C10H18O3. The predicted molar refractivity (Wildman–Crippen MR) is 52.5 cm³/mol. The van der Waals surface area contributed by atoms with Crippen molar-refractivity contribution < 1.29 is 14.7 Å². The van der Waals surface area contributed by atoms with Gasteiger partial charge in [-0.3, -0.25) is 9.59 Å². The van der Waals surface area contributed by atoms with Gasteiger partial charge in [0.2, 0.25) is 0 Å². The van der Waals surface area contributed by atoms with Crippen molar-refractivity contribution in [1.82, 2.24) is 0 Å². The average Bonchev–Trinajstić information content (AvgIpc) is 1.83. The fraction of sp³-hybridized carbons (Fsp3) is 0.600. The molecule has 13 heavy (non-hydrogen) atoms. The first-order chi connectivity index (χ1) is 5.90. The maximum absolute atomic E-state index is 10.1.